The summed E-state index contributed by atoms with van der Waals surface area (Å²) < 4.78 is 1.95. The lowest BCUT2D eigenvalue weighted by Crippen LogP contribution is -2.19. The van der Waals surface area contributed by atoms with Gasteiger partial charge in [0.25, 0.3) is 0 Å². The van der Waals surface area contributed by atoms with Gasteiger partial charge in [-0.05, 0) is 12.3 Å². The van der Waals surface area contributed by atoms with E-state index in [1.807, 2.05) is 4.57 Å². The van der Waals surface area contributed by atoms with Gasteiger partial charge in [-0.2, -0.15) is 0 Å². The molecule has 0 spiro atoms. The highest BCUT2D eigenvalue weighted by molar-refractivity contribution is 4.93. The predicted octanol–water partition coefficient (Wildman–Crippen LogP) is 0.316. The van der Waals surface area contributed by atoms with Crippen LogP contribution in [0.3, 0.4) is 0 Å². The van der Waals surface area contributed by atoms with E-state index >= 15 is 0 Å². The van der Waals surface area contributed by atoms with Crippen LogP contribution in [0.25, 0.3) is 0 Å². The number of hydrogen-bond donors (Lipinski definition) is 2. The summed E-state index contributed by atoms with van der Waals surface area (Å²) in [5.41, 5.74) is 5.84. The van der Waals surface area contributed by atoms with Crippen LogP contribution in [0, 0.1) is 5.92 Å². The van der Waals surface area contributed by atoms with Gasteiger partial charge in [0.1, 0.15) is 12.2 Å². The van der Waals surface area contributed by atoms with E-state index in [0.717, 1.165) is 12.4 Å². The van der Waals surface area contributed by atoms with Gasteiger partial charge in [0.2, 0.25) is 0 Å². The number of rotatable bonds is 5. The van der Waals surface area contributed by atoms with Crippen molar-refractivity contribution in [2.75, 3.05) is 6.61 Å². The van der Waals surface area contributed by atoms with Crippen molar-refractivity contribution in [2.24, 2.45) is 11.7 Å². The molecule has 0 aliphatic heterocycles. The molecule has 14 heavy (non-hydrogen) atoms. The van der Waals surface area contributed by atoms with Crippen molar-refractivity contribution < 1.29 is 5.11 Å². The topological polar surface area (TPSA) is 77.0 Å². The lowest BCUT2D eigenvalue weighted by Gasteiger charge is -2.13. The molecule has 5 nitrogen and oxygen atoms in total. The number of nitrogens with zero attached hydrogens (tertiary/aromatic N) is 3. The molecule has 1 rings (SSSR count). The molecule has 1 heterocycles. The Labute approximate surface area is 83.9 Å². The summed E-state index contributed by atoms with van der Waals surface area (Å²) in [5.74, 6) is 1.29. The summed E-state index contributed by atoms with van der Waals surface area (Å²) in [7, 11) is 0. The summed E-state index contributed by atoms with van der Waals surface area (Å²) in [6.45, 7) is 5.19. The molecule has 0 aromatic carbocycles. The van der Waals surface area contributed by atoms with Crippen LogP contribution in [0.15, 0.2) is 6.33 Å². The molecule has 1 unspecified atom stereocenters. The second-order valence-corrected chi connectivity index (χ2v) is 3.85. The molecular formula is C9H18N4O. The zero-order valence-electron chi connectivity index (χ0n) is 8.72. The van der Waals surface area contributed by atoms with Crippen LogP contribution >= 0.6 is 0 Å². The summed E-state index contributed by atoms with van der Waals surface area (Å²) in [6, 6.07) is -0.221. The van der Waals surface area contributed by atoms with E-state index in [0.29, 0.717) is 12.3 Å². The van der Waals surface area contributed by atoms with Crippen molar-refractivity contribution in [2.45, 2.75) is 32.9 Å². The Morgan fingerprint density at radius 3 is 2.86 bits per heavy atom. The molecule has 3 N–H and O–H groups in total. The number of aromatic nitrogens is 3. The maximum Gasteiger partial charge on any atom is 0.149 e. The van der Waals surface area contributed by atoms with Crippen molar-refractivity contribution >= 4 is 0 Å². The van der Waals surface area contributed by atoms with Gasteiger partial charge >= 0.3 is 0 Å². The minimum Gasteiger partial charge on any atom is -0.396 e. The summed E-state index contributed by atoms with van der Waals surface area (Å²) in [6.07, 6.45) is 2.21. The first-order chi connectivity index (χ1) is 6.65. The number of nitrogens with two attached hydrogens (primary N) is 1. The highest BCUT2D eigenvalue weighted by atomic mass is 16.3. The highest BCUT2D eigenvalue weighted by Crippen LogP contribution is 2.11. The molecule has 5 heteroatoms. The van der Waals surface area contributed by atoms with Gasteiger partial charge in [-0.1, -0.05) is 13.8 Å². The third kappa shape index (κ3) is 2.78. The van der Waals surface area contributed by atoms with Crippen molar-refractivity contribution in [1.82, 2.24) is 14.8 Å². The average Bonchev–Trinajstić information content (AvgIpc) is 2.51. The molecule has 0 radical (unpaired) electrons. The van der Waals surface area contributed by atoms with Crippen LogP contribution < -0.4 is 5.73 Å². The number of hydrogen-bond acceptors (Lipinski definition) is 4. The van der Waals surface area contributed by atoms with Gasteiger partial charge in [-0.15, -0.1) is 10.2 Å². The first kappa shape index (κ1) is 11.1. The van der Waals surface area contributed by atoms with Gasteiger partial charge in [0.05, 0.1) is 6.04 Å². The standard InChI is InChI=1S/C9H18N4O/c1-7(2)5-13-6-11-12-9(13)8(10)3-4-14/h6-8,14H,3-5,10H2,1-2H3. The molecule has 1 atom stereocenters. The lowest BCUT2D eigenvalue weighted by atomic mass is 10.2. The summed E-state index contributed by atoms with van der Waals surface area (Å²) in [4.78, 5) is 0. The van der Waals surface area contributed by atoms with E-state index in [1.165, 1.54) is 0 Å². The minimum atomic E-state index is -0.221. The Morgan fingerprint density at radius 2 is 2.29 bits per heavy atom. The fourth-order valence-corrected chi connectivity index (χ4v) is 1.35. The Bertz CT molecular complexity index is 272. The molecule has 0 fully saturated rings. The van der Waals surface area contributed by atoms with Crippen LogP contribution in [0.1, 0.15) is 32.1 Å². The van der Waals surface area contributed by atoms with Crippen LogP contribution in [0.2, 0.25) is 0 Å². The SMILES string of the molecule is CC(C)Cn1cnnc1C(N)CCO. The van der Waals surface area contributed by atoms with Crippen LogP contribution in [-0.2, 0) is 6.54 Å². The molecule has 0 aliphatic carbocycles. The molecule has 0 saturated heterocycles. The third-order valence-electron chi connectivity index (χ3n) is 1.98. The highest BCUT2D eigenvalue weighted by Gasteiger charge is 2.13. The fourth-order valence-electron chi connectivity index (χ4n) is 1.35. The molecule has 0 amide bonds. The predicted molar refractivity (Wildman–Crippen MR) is 53.5 cm³/mol. The molecule has 0 bridgehead atoms. The lowest BCUT2D eigenvalue weighted by molar-refractivity contribution is 0.272. The van der Waals surface area contributed by atoms with Crippen LogP contribution in [-0.4, -0.2) is 26.5 Å². The second-order valence-electron chi connectivity index (χ2n) is 3.85. The Hall–Kier alpha value is -0.940. The van der Waals surface area contributed by atoms with Crippen molar-refractivity contribution in [1.29, 1.82) is 0 Å². The molecule has 1 aromatic rings. The number of aliphatic hydroxyl groups excluding tert-OH is 1. The van der Waals surface area contributed by atoms with E-state index in [9.17, 15) is 0 Å². The second kappa shape index (κ2) is 5.07. The van der Waals surface area contributed by atoms with Crippen LogP contribution in [0.4, 0.5) is 0 Å². The maximum atomic E-state index is 8.77. The largest absolute Gasteiger partial charge is 0.396 e. The maximum absolute atomic E-state index is 8.77. The molecular weight excluding hydrogens is 180 g/mol. The van der Waals surface area contributed by atoms with Gasteiger partial charge in [0, 0.05) is 13.2 Å². The number of aliphatic hydroxyl groups is 1. The van der Waals surface area contributed by atoms with E-state index in [1.54, 1.807) is 6.33 Å². The normalized spacial score (nSPS) is 13.5. The summed E-state index contributed by atoms with van der Waals surface area (Å²) in [5, 5.41) is 16.6. The minimum absolute atomic E-state index is 0.0791. The Kier molecular flexibility index (Phi) is 4.03. The molecule has 80 valence electrons. The fraction of sp³-hybridized carbons (Fsp3) is 0.778. The van der Waals surface area contributed by atoms with E-state index in [2.05, 4.69) is 24.0 Å². The van der Waals surface area contributed by atoms with Gasteiger partial charge in [-0.25, -0.2) is 0 Å². The van der Waals surface area contributed by atoms with Gasteiger partial charge in [-0.3, -0.25) is 0 Å². The van der Waals surface area contributed by atoms with Crippen molar-refractivity contribution in [3.05, 3.63) is 12.2 Å². The first-order valence-corrected chi connectivity index (χ1v) is 4.89. The molecule has 0 aliphatic rings. The van der Waals surface area contributed by atoms with E-state index in [-0.39, 0.29) is 12.6 Å². The van der Waals surface area contributed by atoms with Crippen LogP contribution in [0.5, 0.6) is 0 Å². The zero-order valence-corrected chi connectivity index (χ0v) is 8.72. The first-order valence-electron chi connectivity index (χ1n) is 4.89. The zero-order chi connectivity index (χ0) is 10.6. The average molecular weight is 198 g/mol. The quantitative estimate of drug-likeness (QED) is 0.714. The van der Waals surface area contributed by atoms with E-state index < -0.39 is 0 Å². The van der Waals surface area contributed by atoms with Gasteiger partial charge < -0.3 is 15.4 Å². The van der Waals surface area contributed by atoms with Gasteiger partial charge in [0.15, 0.2) is 0 Å². The molecule has 0 saturated carbocycles. The Morgan fingerprint density at radius 1 is 1.57 bits per heavy atom. The van der Waals surface area contributed by atoms with Crippen molar-refractivity contribution in [3.63, 3.8) is 0 Å². The van der Waals surface area contributed by atoms with E-state index in [4.69, 9.17) is 10.8 Å². The molecule has 1 aromatic heterocycles. The Balaban J connectivity index is 2.70. The monoisotopic (exact) mass is 198 g/mol. The third-order valence-corrected chi connectivity index (χ3v) is 1.98. The summed E-state index contributed by atoms with van der Waals surface area (Å²) >= 11 is 0. The smallest absolute Gasteiger partial charge is 0.149 e. The van der Waals surface area contributed by atoms with Crippen molar-refractivity contribution in [3.8, 4) is 0 Å².